The molecular weight excluding hydrogens is 304 g/mol. The van der Waals surface area contributed by atoms with Crippen molar-refractivity contribution >= 4 is 11.8 Å². The van der Waals surface area contributed by atoms with Crippen molar-refractivity contribution in [1.29, 1.82) is 0 Å². The van der Waals surface area contributed by atoms with Gasteiger partial charge in [-0.05, 0) is 32.0 Å². The van der Waals surface area contributed by atoms with Gasteiger partial charge in [0.05, 0.1) is 0 Å². The SMILES string of the molecule is CC(C)N(CC(=O)N1CCNCC1)C(=O)c1ccc(F)c(F)c1. The van der Waals surface area contributed by atoms with Gasteiger partial charge in [0.15, 0.2) is 11.6 Å². The van der Waals surface area contributed by atoms with Crippen LogP contribution in [0.15, 0.2) is 18.2 Å². The first-order chi connectivity index (χ1) is 10.9. The van der Waals surface area contributed by atoms with Crippen LogP contribution < -0.4 is 5.32 Å². The summed E-state index contributed by atoms with van der Waals surface area (Å²) < 4.78 is 26.3. The van der Waals surface area contributed by atoms with Crippen LogP contribution in [0.1, 0.15) is 24.2 Å². The quantitative estimate of drug-likeness (QED) is 0.906. The van der Waals surface area contributed by atoms with Crippen molar-refractivity contribution in [2.45, 2.75) is 19.9 Å². The molecule has 23 heavy (non-hydrogen) atoms. The maximum atomic E-state index is 13.3. The van der Waals surface area contributed by atoms with Crippen molar-refractivity contribution in [3.8, 4) is 0 Å². The van der Waals surface area contributed by atoms with Gasteiger partial charge in [-0.15, -0.1) is 0 Å². The average molecular weight is 325 g/mol. The molecule has 1 aliphatic rings. The zero-order valence-corrected chi connectivity index (χ0v) is 13.3. The van der Waals surface area contributed by atoms with E-state index in [0.29, 0.717) is 13.1 Å². The normalized spacial score (nSPS) is 14.9. The highest BCUT2D eigenvalue weighted by atomic mass is 19.2. The summed E-state index contributed by atoms with van der Waals surface area (Å²) in [6.45, 7) is 6.14. The highest BCUT2D eigenvalue weighted by Crippen LogP contribution is 2.13. The highest BCUT2D eigenvalue weighted by molar-refractivity contribution is 5.96. The Labute approximate surface area is 134 Å². The van der Waals surface area contributed by atoms with Crippen LogP contribution in [0, 0.1) is 11.6 Å². The zero-order valence-electron chi connectivity index (χ0n) is 13.3. The van der Waals surface area contributed by atoms with Gasteiger partial charge in [0.2, 0.25) is 5.91 Å². The molecule has 1 heterocycles. The summed E-state index contributed by atoms with van der Waals surface area (Å²) in [5.74, 6) is -2.71. The second kappa shape index (κ2) is 7.50. The third-order valence-electron chi connectivity index (χ3n) is 3.83. The van der Waals surface area contributed by atoms with Crippen LogP contribution in [0.5, 0.6) is 0 Å². The van der Waals surface area contributed by atoms with Crippen LogP contribution >= 0.6 is 0 Å². The maximum Gasteiger partial charge on any atom is 0.254 e. The number of piperazine rings is 1. The van der Waals surface area contributed by atoms with Gasteiger partial charge >= 0.3 is 0 Å². The number of nitrogens with zero attached hydrogens (tertiary/aromatic N) is 2. The van der Waals surface area contributed by atoms with Crippen LogP contribution in [-0.4, -0.2) is 60.4 Å². The molecule has 0 unspecified atom stereocenters. The fourth-order valence-electron chi connectivity index (χ4n) is 2.44. The number of rotatable bonds is 4. The molecule has 1 aromatic carbocycles. The first-order valence-electron chi connectivity index (χ1n) is 7.64. The smallest absolute Gasteiger partial charge is 0.254 e. The Bertz CT molecular complexity index is 587. The van der Waals surface area contributed by atoms with Crippen LogP contribution in [0.3, 0.4) is 0 Å². The minimum absolute atomic E-state index is 0.0331. The molecule has 1 N–H and O–H groups in total. The molecule has 1 saturated heterocycles. The second-order valence-corrected chi connectivity index (χ2v) is 5.79. The van der Waals surface area contributed by atoms with E-state index in [1.807, 2.05) is 0 Å². The Morgan fingerprint density at radius 1 is 1.22 bits per heavy atom. The summed E-state index contributed by atoms with van der Waals surface area (Å²) in [6.07, 6.45) is 0. The molecule has 0 spiro atoms. The van der Waals surface area contributed by atoms with Crippen molar-refractivity contribution in [3.63, 3.8) is 0 Å². The molecule has 2 amide bonds. The van der Waals surface area contributed by atoms with Crippen LogP contribution in [0.4, 0.5) is 8.78 Å². The van der Waals surface area contributed by atoms with E-state index in [-0.39, 0.29) is 24.1 Å². The van der Waals surface area contributed by atoms with Gasteiger partial charge < -0.3 is 15.1 Å². The summed E-state index contributed by atoms with van der Waals surface area (Å²) in [4.78, 5) is 27.9. The number of hydrogen-bond acceptors (Lipinski definition) is 3. The van der Waals surface area contributed by atoms with Gasteiger partial charge in [-0.2, -0.15) is 0 Å². The molecule has 1 aliphatic heterocycles. The average Bonchev–Trinajstić information content (AvgIpc) is 2.54. The Kier molecular flexibility index (Phi) is 5.65. The minimum Gasteiger partial charge on any atom is -0.339 e. The summed E-state index contributed by atoms with van der Waals surface area (Å²) in [7, 11) is 0. The molecule has 5 nitrogen and oxygen atoms in total. The van der Waals surface area contributed by atoms with Gasteiger partial charge in [0.25, 0.3) is 5.91 Å². The molecule has 0 aromatic heterocycles. The maximum absolute atomic E-state index is 13.3. The monoisotopic (exact) mass is 325 g/mol. The Balaban J connectivity index is 2.12. The molecule has 0 atom stereocenters. The Morgan fingerprint density at radius 3 is 2.43 bits per heavy atom. The van der Waals surface area contributed by atoms with E-state index in [2.05, 4.69) is 5.32 Å². The van der Waals surface area contributed by atoms with E-state index in [1.54, 1.807) is 18.7 Å². The number of nitrogens with one attached hydrogen (secondary N) is 1. The van der Waals surface area contributed by atoms with Crippen LogP contribution in [0.2, 0.25) is 0 Å². The lowest BCUT2D eigenvalue weighted by Crippen LogP contribution is -2.51. The fraction of sp³-hybridized carbons (Fsp3) is 0.500. The molecule has 0 aliphatic carbocycles. The topological polar surface area (TPSA) is 52.7 Å². The molecular formula is C16H21F2N3O2. The number of benzene rings is 1. The first-order valence-corrected chi connectivity index (χ1v) is 7.64. The lowest BCUT2D eigenvalue weighted by molar-refractivity contribution is -0.132. The van der Waals surface area contributed by atoms with Gasteiger partial charge in [-0.25, -0.2) is 8.78 Å². The molecule has 2 rings (SSSR count). The molecule has 1 aromatic rings. The van der Waals surface area contributed by atoms with E-state index in [0.717, 1.165) is 25.2 Å². The summed E-state index contributed by atoms with van der Waals surface area (Å²) in [5, 5.41) is 3.15. The summed E-state index contributed by atoms with van der Waals surface area (Å²) in [5.41, 5.74) is 0.0331. The lowest BCUT2D eigenvalue weighted by atomic mass is 10.1. The standard InChI is InChI=1S/C16H21F2N3O2/c1-11(2)21(10-15(22)20-7-5-19-6-8-20)16(23)12-3-4-13(17)14(18)9-12/h3-4,9,11,19H,5-8,10H2,1-2H3. The number of halogens is 2. The molecule has 126 valence electrons. The van der Waals surface area contributed by atoms with Gasteiger partial charge in [0.1, 0.15) is 6.54 Å². The largest absolute Gasteiger partial charge is 0.339 e. The molecule has 0 saturated carbocycles. The highest BCUT2D eigenvalue weighted by Gasteiger charge is 2.25. The summed E-state index contributed by atoms with van der Waals surface area (Å²) >= 11 is 0. The van der Waals surface area contributed by atoms with Gasteiger partial charge in [-0.1, -0.05) is 0 Å². The van der Waals surface area contributed by atoms with E-state index < -0.39 is 17.5 Å². The van der Waals surface area contributed by atoms with Crippen molar-refractivity contribution in [3.05, 3.63) is 35.4 Å². The third kappa shape index (κ3) is 4.25. The number of amides is 2. The first kappa shape index (κ1) is 17.3. The predicted molar refractivity (Wildman–Crippen MR) is 82.0 cm³/mol. The van der Waals surface area contributed by atoms with Crippen LogP contribution in [-0.2, 0) is 4.79 Å². The van der Waals surface area contributed by atoms with E-state index in [4.69, 9.17) is 0 Å². The Hall–Kier alpha value is -2.02. The van der Waals surface area contributed by atoms with Gasteiger partial charge in [-0.3, -0.25) is 9.59 Å². The lowest BCUT2D eigenvalue weighted by Gasteiger charge is -2.32. The predicted octanol–water partition coefficient (Wildman–Crippen LogP) is 1.25. The van der Waals surface area contributed by atoms with Crippen molar-refractivity contribution in [2.75, 3.05) is 32.7 Å². The minimum atomic E-state index is -1.08. The number of carbonyl (C=O) groups excluding carboxylic acids is 2. The summed E-state index contributed by atoms with van der Waals surface area (Å²) in [6, 6.07) is 2.77. The zero-order chi connectivity index (χ0) is 17.0. The molecule has 7 heteroatoms. The number of carbonyl (C=O) groups is 2. The van der Waals surface area contributed by atoms with E-state index >= 15 is 0 Å². The van der Waals surface area contributed by atoms with Crippen molar-refractivity contribution in [2.24, 2.45) is 0 Å². The Morgan fingerprint density at radius 2 is 1.87 bits per heavy atom. The van der Waals surface area contributed by atoms with E-state index in [1.165, 1.54) is 11.0 Å². The molecule has 1 fully saturated rings. The van der Waals surface area contributed by atoms with Crippen molar-refractivity contribution in [1.82, 2.24) is 15.1 Å². The fourth-order valence-corrected chi connectivity index (χ4v) is 2.44. The molecule has 0 radical (unpaired) electrons. The molecule has 0 bridgehead atoms. The number of hydrogen-bond donors (Lipinski definition) is 1. The van der Waals surface area contributed by atoms with E-state index in [9.17, 15) is 18.4 Å². The third-order valence-corrected chi connectivity index (χ3v) is 3.83. The van der Waals surface area contributed by atoms with Gasteiger partial charge in [0, 0.05) is 37.8 Å². The van der Waals surface area contributed by atoms with Crippen LogP contribution in [0.25, 0.3) is 0 Å². The second-order valence-electron chi connectivity index (χ2n) is 5.79. The van der Waals surface area contributed by atoms with Crippen molar-refractivity contribution < 1.29 is 18.4 Å².